The number of hydrogen-bond acceptors (Lipinski definition) is 3. The Labute approximate surface area is 178 Å². The number of hydrogen-bond donors (Lipinski definition) is 0. The number of ketones is 1. The minimum absolute atomic E-state index is 0.146. The first-order valence-electron chi connectivity index (χ1n) is 12.0. The molecule has 0 spiro atoms. The monoisotopic (exact) mass is 402 g/mol. The average molecular weight is 403 g/mol. The normalized spacial score (nSPS) is 45.4. The van der Waals surface area contributed by atoms with E-state index in [1.165, 1.54) is 38.5 Å². The van der Waals surface area contributed by atoms with Crippen LogP contribution in [0.4, 0.5) is 0 Å². The highest BCUT2D eigenvalue weighted by atomic mass is 16.7. The number of rotatable bonds is 5. The number of allylic oxidation sites excluding steroid dienone is 2. The van der Waals surface area contributed by atoms with Gasteiger partial charge in [-0.15, -0.1) is 0 Å². The van der Waals surface area contributed by atoms with Crippen molar-refractivity contribution in [2.24, 2.45) is 46.3 Å². The van der Waals surface area contributed by atoms with Crippen molar-refractivity contribution in [1.29, 1.82) is 0 Å². The standard InChI is InChI=1S/C26H42O3/c1-16-9-11-25(3)18(13-16)7-8-19-20(25)10-12-26(4)21(19)15-22(27)24(26)17(2)14-23(28-5)29-6/h7,16-17,19-21,23-24H,8-15H2,1-6H3/t16?,17-,19-,20+,21+,24+,25+,26+/m1/s1. The highest BCUT2D eigenvalue weighted by Gasteiger charge is 2.61. The Morgan fingerprint density at radius 1 is 1.10 bits per heavy atom. The molecule has 0 saturated heterocycles. The van der Waals surface area contributed by atoms with Crippen LogP contribution >= 0.6 is 0 Å². The van der Waals surface area contributed by atoms with Gasteiger partial charge >= 0.3 is 0 Å². The molecule has 3 fully saturated rings. The number of methoxy groups -OCH3 is 2. The first kappa shape index (κ1) is 21.6. The first-order chi connectivity index (χ1) is 13.7. The molecule has 3 saturated carbocycles. The summed E-state index contributed by atoms with van der Waals surface area (Å²) in [6, 6.07) is 0. The van der Waals surface area contributed by atoms with Gasteiger partial charge in [0, 0.05) is 33.0 Å². The zero-order chi connectivity index (χ0) is 21.0. The zero-order valence-electron chi connectivity index (χ0n) is 19.5. The highest BCUT2D eigenvalue weighted by Crippen LogP contribution is 2.66. The minimum atomic E-state index is -0.208. The summed E-state index contributed by atoms with van der Waals surface area (Å²) >= 11 is 0. The lowest BCUT2D eigenvalue weighted by atomic mass is 9.46. The largest absolute Gasteiger partial charge is 0.356 e. The molecule has 0 amide bonds. The van der Waals surface area contributed by atoms with Gasteiger partial charge in [0.1, 0.15) is 5.78 Å². The Balaban J connectivity index is 1.59. The van der Waals surface area contributed by atoms with Crippen LogP contribution in [0.15, 0.2) is 11.6 Å². The summed E-state index contributed by atoms with van der Waals surface area (Å²) < 4.78 is 10.9. The molecule has 0 aromatic heterocycles. The van der Waals surface area contributed by atoms with Gasteiger partial charge in [-0.2, -0.15) is 0 Å². The third kappa shape index (κ3) is 3.35. The maximum atomic E-state index is 13.3. The molecule has 4 rings (SSSR count). The first-order valence-corrected chi connectivity index (χ1v) is 12.0. The van der Waals surface area contributed by atoms with Gasteiger partial charge in [0.05, 0.1) is 0 Å². The van der Waals surface area contributed by atoms with Crippen LogP contribution in [-0.2, 0) is 14.3 Å². The molecule has 0 aliphatic heterocycles. The summed E-state index contributed by atoms with van der Waals surface area (Å²) in [4.78, 5) is 13.3. The SMILES string of the molecule is COC(C[C@@H](C)[C@H]1C(=O)C[C@H]2[C@@H]3CC=C4CC(C)CC[C@]4(C)[C@H]3CC[C@]12C)OC. The molecule has 3 heteroatoms. The summed E-state index contributed by atoms with van der Waals surface area (Å²) in [5, 5.41) is 0. The van der Waals surface area contributed by atoms with Crippen LogP contribution in [0.5, 0.6) is 0 Å². The second-order valence-corrected chi connectivity index (χ2v) is 11.4. The van der Waals surface area contributed by atoms with Crippen LogP contribution in [0.3, 0.4) is 0 Å². The smallest absolute Gasteiger partial charge is 0.157 e. The van der Waals surface area contributed by atoms with Gasteiger partial charge in [-0.3, -0.25) is 4.79 Å². The van der Waals surface area contributed by atoms with Crippen molar-refractivity contribution in [2.75, 3.05) is 14.2 Å². The highest BCUT2D eigenvalue weighted by molar-refractivity contribution is 5.85. The zero-order valence-corrected chi connectivity index (χ0v) is 19.5. The molecule has 0 heterocycles. The van der Waals surface area contributed by atoms with Gasteiger partial charge < -0.3 is 9.47 Å². The molecule has 0 aromatic rings. The second-order valence-electron chi connectivity index (χ2n) is 11.4. The molecule has 0 bridgehead atoms. The quantitative estimate of drug-likeness (QED) is 0.416. The molecule has 8 atom stereocenters. The third-order valence-corrected chi connectivity index (χ3v) is 9.93. The number of carbonyl (C=O) groups is 1. The van der Waals surface area contributed by atoms with Crippen molar-refractivity contribution in [3.63, 3.8) is 0 Å². The predicted octanol–water partition coefficient (Wildman–Crippen LogP) is 6.03. The van der Waals surface area contributed by atoms with Crippen molar-refractivity contribution in [3.8, 4) is 0 Å². The fourth-order valence-electron chi connectivity index (χ4n) is 8.37. The summed E-state index contributed by atoms with van der Waals surface area (Å²) in [7, 11) is 3.40. The molecule has 4 aliphatic carbocycles. The average Bonchev–Trinajstić information content (AvgIpc) is 2.96. The Morgan fingerprint density at radius 3 is 2.52 bits per heavy atom. The van der Waals surface area contributed by atoms with Crippen molar-refractivity contribution in [3.05, 3.63) is 11.6 Å². The summed E-state index contributed by atoms with van der Waals surface area (Å²) in [6.45, 7) is 9.66. The fraction of sp³-hybridized carbons (Fsp3) is 0.885. The molecule has 164 valence electrons. The molecule has 29 heavy (non-hydrogen) atoms. The fourth-order valence-corrected chi connectivity index (χ4v) is 8.37. The van der Waals surface area contributed by atoms with E-state index in [-0.39, 0.29) is 17.6 Å². The topological polar surface area (TPSA) is 35.5 Å². The third-order valence-electron chi connectivity index (χ3n) is 9.93. The van der Waals surface area contributed by atoms with Gasteiger partial charge in [0.15, 0.2) is 6.29 Å². The summed E-state index contributed by atoms with van der Waals surface area (Å²) in [5.41, 5.74) is 2.28. The van der Waals surface area contributed by atoms with Gasteiger partial charge in [0.2, 0.25) is 0 Å². The summed E-state index contributed by atoms with van der Waals surface area (Å²) in [6.07, 6.45) is 11.7. The number of carbonyl (C=O) groups excluding carboxylic acids is 1. The van der Waals surface area contributed by atoms with Crippen LogP contribution in [0.2, 0.25) is 0 Å². The molecule has 3 nitrogen and oxygen atoms in total. The lowest BCUT2D eigenvalue weighted by Gasteiger charge is -2.58. The Morgan fingerprint density at radius 2 is 1.83 bits per heavy atom. The van der Waals surface area contributed by atoms with Crippen LogP contribution in [0.25, 0.3) is 0 Å². The van der Waals surface area contributed by atoms with E-state index in [1.807, 2.05) is 0 Å². The van der Waals surface area contributed by atoms with E-state index >= 15 is 0 Å². The van der Waals surface area contributed by atoms with E-state index in [2.05, 4.69) is 33.8 Å². The van der Waals surface area contributed by atoms with Gasteiger partial charge in [0.25, 0.3) is 0 Å². The van der Waals surface area contributed by atoms with Crippen LogP contribution in [0, 0.1) is 46.3 Å². The van der Waals surface area contributed by atoms with E-state index < -0.39 is 0 Å². The van der Waals surface area contributed by atoms with E-state index in [0.717, 1.165) is 24.7 Å². The van der Waals surface area contributed by atoms with Crippen molar-refractivity contribution in [2.45, 2.75) is 85.4 Å². The van der Waals surface area contributed by atoms with Crippen LogP contribution in [0.1, 0.15) is 79.1 Å². The van der Waals surface area contributed by atoms with E-state index in [4.69, 9.17) is 9.47 Å². The maximum absolute atomic E-state index is 13.3. The molecule has 1 unspecified atom stereocenters. The number of fused-ring (bicyclic) bond motifs is 5. The molecule has 4 aliphatic rings. The molecule has 0 aromatic carbocycles. The Bertz CT molecular complexity index is 665. The molecule has 0 radical (unpaired) electrons. The van der Waals surface area contributed by atoms with E-state index in [0.29, 0.717) is 29.0 Å². The molecule has 0 N–H and O–H groups in total. The van der Waals surface area contributed by atoms with Crippen LogP contribution < -0.4 is 0 Å². The minimum Gasteiger partial charge on any atom is -0.356 e. The predicted molar refractivity (Wildman–Crippen MR) is 116 cm³/mol. The van der Waals surface area contributed by atoms with Gasteiger partial charge in [-0.25, -0.2) is 0 Å². The second kappa shape index (κ2) is 7.79. The van der Waals surface area contributed by atoms with Gasteiger partial charge in [-0.05, 0) is 78.9 Å². The lowest BCUT2D eigenvalue weighted by molar-refractivity contribution is -0.134. The number of ether oxygens (including phenoxy) is 2. The summed E-state index contributed by atoms with van der Waals surface area (Å²) in [5.74, 6) is 3.84. The van der Waals surface area contributed by atoms with Crippen LogP contribution in [-0.4, -0.2) is 26.3 Å². The van der Waals surface area contributed by atoms with E-state index in [9.17, 15) is 4.79 Å². The maximum Gasteiger partial charge on any atom is 0.157 e. The van der Waals surface area contributed by atoms with Gasteiger partial charge in [-0.1, -0.05) is 39.3 Å². The van der Waals surface area contributed by atoms with Crippen molar-refractivity contribution in [1.82, 2.24) is 0 Å². The van der Waals surface area contributed by atoms with Crippen molar-refractivity contribution < 1.29 is 14.3 Å². The van der Waals surface area contributed by atoms with Crippen molar-refractivity contribution >= 4 is 5.78 Å². The molecular formula is C26H42O3. The number of Topliss-reactive ketones (excluding diaryl/α,β-unsaturated/α-hetero) is 1. The Hall–Kier alpha value is -0.670. The molecular weight excluding hydrogens is 360 g/mol. The lowest BCUT2D eigenvalue weighted by Crippen LogP contribution is -2.50. The Kier molecular flexibility index (Phi) is 5.79. The van der Waals surface area contributed by atoms with E-state index in [1.54, 1.807) is 19.8 Å².